The van der Waals surface area contributed by atoms with Gasteiger partial charge < -0.3 is 39.8 Å². The average molecular weight is 1100 g/mol. The van der Waals surface area contributed by atoms with Crippen LogP contribution in [0.15, 0.2) is 115 Å². The van der Waals surface area contributed by atoms with Crippen molar-refractivity contribution in [3.05, 3.63) is 148 Å². The summed E-state index contributed by atoms with van der Waals surface area (Å²) < 4.78 is 64.2. The van der Waals surface area contributed by atoms with Crippen LogP contribution >= 0.6 is 50.2 Å². The van der Waals surface area contributed by atoms with Crippen molar-refractivity contribution in [3.63, 3.8) is 0 Å². The molecule has 0 amide bonds. The summed E-state index contributed by atoms with van der Waals surface area (Å²) >= 11 is 12.1. The first kappa shape index (κ1) is 52.7. The van der Waals surface area contributed by atoms with Crippen LogP contribution in [0.1, 0.15) is 33.2 Å². The van der Waals surface area contributed by atoms with Gasteiger partial charge in [0, 0.05) is 91.5 Å². The fourth-order valence-electron chi connectivity index (χ4n) is 7.78. The minimum atomic E-state index is -1.24. The van der Waals surface area contributed by atoms with Crippen LogP contribution in [0.3, 0.4) is 0 Å². The van der Waals surface area contributed by atoms with Gasteiger partial charge in [-0.3, -0.25) is 19.8 Å². The summed E-state index contributed by atoms with van der Waals surface area (Å²) in [4.78, 5) is 69.7. The van der Waals surface area contributed by atoms with E-state index in [0.717, 1.165) is 18.2 Å². The molecule has 0 bridgehead atoms. The number of aromatic nitrogens is 2. The molecule has 2 aromatic carbocycles. The molecule has 0 aliphatic carbocycles. The zero-order valence-electron chi connectivity index (χ0n) is 37.5. The number of carboxylic acid groups (broad SMARTS) is 2. The van der Waals surface area contributed by atoms with Crippen LogP contribution in [0.2, 0.25) is 5.02 Å². The number of thiazole rings is 2. The Bertz CT molecular complexity index is 2830. The molecule has 4 unspecified atom stereocenters. The summed E-state index contributed by atoms with van der Waals surface area (Å²) in [5.41, 5.74) is 1.85. The van der Waals surface area contributed by atoms with Crippen molar-refractivity contribution < 1.29 is 61.5 Å². The van der Waals surface area contributed by atoms with E-state index < -0.39 is 70.6 Å². The first-order valence-electron chi connectivity index (χ1n) is 21.3. The van der Waals surface area contributed by atoms with Crippen molar-refractivity contribution in [2.75, 3.05) is 66.7 Å². The topological polar surface area (TPSA) is 227 Å². The van der Waals surface area contributed by atoms with Gasteiger partial charge in [-0.1, -0.05) is 29.8 Å². The lowest BCUT2D eigenvalue weighted by Crippen LogP contribution is -2.46. The average Bonchev–Trinajstić information content (AvgIpc) is 4.12. The molecule has 2 saturated heterocycles. The molecule has 25 heteroatoms. The minimum absolute atomic E-state index is 0.0786. The second-order valence-electron chi connectivity index (χ2n) is 15.5. The van der Waals surface area contributed by atoms with E-state index in [-0.39, 0.29) is 27.7 Å². The number of rotatable bonds is 14. The number of carbonyl (C=O) groups excluding carboxylic acids is 2. The molecule has 4 aliphatic heterocycles. The Labute approximate surface area is 425 Å². The number of morpholine rings is 2. The molecule has 8 rings (SSSR count). The predicted octanol–water partition coefficient (Wildman–Crippen LogP) is 5.84. The van der Waals surface area contributed by atoms with E-state index in [1.807, 2.05) is 15.2 Å². The maximum atomic E-state index is 14.4. The molecule has 374 valence electrons. The van der Waals surface area contributed by atoms with Crippen LogP contribution in [-0.2, 0) is 38.1 Å². The standard InChI is InChI=1S/C23H22BrFN4O5S.C23H21ClF2N4O5S/c1-33-23(32)18-16(12-29-8-9-34-13(11-29)5-6-17(30)31)27-21(22-26-7-10-35-22)28-20(18)14-3-2-4-15(25)19(14)24;1-34-23(33)17-15(11-30-7-8-35-12(10-30)2-5-16(31)32)28-21(22-27-6-9-36-22)29-20(17)13-3-4-14(25)19(26)18(13)24/h2-7,10,13,20H,8-9,11-12H2,1H3,(H,27,28)(H,30,31);2-6,9,12,20H,7-8,10-11H2,1H3,(H,28,29)(H,31,32)/b6-5+;5-2+. The Balaban J connectivity index is 0.000000209. The first-order chi connectivity index (χ1) is 34.1. The molecule has 0 radical (unpaired) electrons. The minimum Gasteiger partial charge on any atom is -0.478 e. The van der Waals surface area contributed by atoms with Gasteiger partial charge in [-0.05, 0) is 45.8 Å². The number of halogens is 5. The van der Waals surface area contributed by atoms with E-state index in [2.05, 4.69) is 41.5 Å². The fourth-order valence-corrected chi connectivity index (χ4v) is 9.70. The van der Waals surface area contributed by atoms with E-state index in [0.29, 0.717) is 84.6 Å². The van der Waals surface area contributed by atoms with E-state index in [1.165, 1.54) is 61.2 Å². The van der Waals surface area contributed by atoms with Gasteiger partial charge in [0.15, 0.2) is 33.3 Å². The van der Waals surface area contributed by atoms with Crippen molar-refractivity contribution in [2.24, 2.45) is 9.98 Å². The van der Waals surface area contributed by atoms with Crippen molar-refractivity contribution in [2.45, 2.75) is 24.3 Å². The molecular weight excluding hydrogens is 1060 g/mol. The maximum absolute atomic E-state index is 14.4. The maximum Gasteiger partial charge on any atom is 0.338 e. The number of ether oxygens (including phenoxy) is 4. The second kappa shape index (κ2) is 24.3. The molecule has 4 N–H and O–H groups in total. The highest BCUT2D eigenvalue weighted by Gasteiger charge is 2.37. The number of amidine groups is 2. The Morgan fingerprint density at radius 1 is 0.775 bits per heavy atom. The summed E-state index contributed by atoms with van der Waals surface area (Å²) in [7, 11) is 2.49. The number of carboxylic acids is 2. The summed E-state index contributed by atoms with van der Waals surface area (Å²) in [6.45, 7) is 3.06. The number of nitrogens with one attached hydrogen (secondary N) is 2. The van der Waals surface area contributed by atoms with E-state index in [4.69, 9.17) is 45.8 Å². The number of aliphatic imine (C=N–C) groups is 2. The third-order valence-corrected chi connectivity index (χ3v) is 13.8. The monoisotopic (exact) mass is 1100 g/mol. The third-order valence-electron chi connectivity index (χ3n) is 11.0. The van der Waals surface area contributed by atoms with Gasteiger partial charge in [0.2, 0.25) is 0 Å². The number of nitrogens with zero attached hydrogens (tertiary/aromatic N) is 6. The van der Waals surface area contributed by atoms with Gasteiger partial charge >= 0.3 is 23.9 Å². The SMILES string of the molecule is COC(=O)C1=C(CN2CCOC(/C=C/C(=O)O)C2)NC(c2nccs2)=NC1c1ccc(F)c(F)c1Cl.COC(=O)C1=C(CN2CCOC(/C=C/C(=O)O)C2)NC(c2nccs2)=NC1c1cccc(F)c1Br. The number of aliphatic carboxylic acids is 2. The van der Waals surface area contributed by atoms with Crippen LogP contribution in [-0.4, -0.2) is 144 Å². The van der Waals surface area contributed by atoms with Crippen LogP contribution in [0.25, 0.3) is 0 Å². The van der Waals surface area contributed by atoms with Crippen molar-refractivity contribution in [1.82, 2.24) is 30.4 Å². The Kier molecular flexibility index (Phi) is 18.1. The highest BCUT2D eigenvalue weighted by Crippen LogP contribution is 2.39. The number of esters is 2. The van der Waals surface area contributed by atoms with Crippen LogP contribution in [0.5, 0.6) is 0 Å². The molecule has 2 fully saturated rings. The summed E-state index contributed by atoms with van der Waals surface area (Å²) in [6.07, 6.45) is 7.37. The largest absolute Gasteiger partial charge is 0.478 e. The lowest BCUT2D eigenvalue weighted by Gasteiger charge is -2.34. The second-order valence-corrected chi connectivity index (χ2v) is 18.5. The Morgan fingerprint density at radius 2 is 1.27 bits per heavy atom. The molecule has 4 atom stereocenters. The number of benzene rings is 2. The van der Waals surface area contributed by atoms with Gasteiger partial charge in [-0.15, -0.1) is 22.7 Å². The smallest absolute Gasteiger partial charge is 0.338 e. The highest BCUT2D eigenvalue weighted by molar-refractivity contribution is 9.10. The quantitative estimate of drug-likeness (QED) is 0.0661. The van der Waals surface area contributed by atoms with Crippen LogP contribution < -0.4 is 10.6 Å². The lowest BCUT2D eigenvalue weighted by atomic mass is 9.95. The Morgan fingerprint density at radius 3 is 1.72 bits per heavy atom. The van der Waals surface area contributed by atoms with E-state index >= 15 is 0 Å². The molecule has 0 saturated carbocycles. The molecule has 4 aromatic rings. The summed E-state index contributed by atoms with van der Waals surface area (Å²) in [5, 5.41) is 28.4. The molecule has 2 aromatic heterocycles. The Hall–Kier alpha value is -6.12. The van der Waals surface area contributed by atoms with Crippen molar-refractivity contribution in [1.29, 1.82) is 0 Å². The van der Waals surface area contributed by atoms with Gasteiger partial charge in [0.05, 0.1) is 60.3 Å². The van der Waals surface area contributed by atoms with Gasteiger partial charge in [0.25, 0.3) is 0 Å². The summed E-state index contributed by atoms with van der Waals surface area (Å²) in [5.74, 6) is -5.51. The molecular formula is C46H43BrClF3N8O10S2. The summed E-state index contributed by atoms with van der Waals surface area (Å²) in [6, 6.07) is 4.85. The number of hydrogen-bond acceptors (Lipinski definition) is 18. The van der Waals surface area contributed by atoms with Gasteiger partial charge in [-0.2, -0.15) is 0 Å². The first-order valence-corrected chi connectivity index (χ1v) is 24.3. The predicted molar refractivity (Wildman–Crippen MR) is 259 cm³/mol. The normalized spacial score (nSPS) is 20.9. The number of hydrogen-bond donors (Lipinski definition) is 4. The number of methoxy groups -OCH3 is 2. The van der Waals surface area contributed by atoms with Crippen LogP contribution in [0, 0.1) is 17.5 Å². The fraction of sp³-hybridized carbons (Fsp3) is 0.304. The zero-order chi connectivity index (χ0) is 50.8. The van der Waals surface area contributed by atoms with E-state index in [1.54, 1.807) is 29.9 Å². The van der Waals surface area contributed by atoms with Crippen molar-refractivity contribution in [3.8, 4) is 0 Å². The molecule has 4 aliphatic rings. The van der Waals surface area contributed by atoms with Gasteiger partial charge in [0.1, 0.15) is 17.9 Å². The van der Waals surface area contributed by atoms with Crippen molar-refractivity contribution >= 4 is 85.8 Å². The molecule has 6 heterocycles. The van der Waals surface area contributed by atoms with E-state index in [9.17, 15) is 32.3 Å². The molecule has 18 nitrogen and oxygen atoms in total. The van der Waals surface area contributed by atoms with Gasteiger partial charge in [-0.25, -0.2) is 42.3 Å². The number of carbonyl (C=O) groups is 4. The third kappa shape index (κ3) is 13.1. The molecule has 71 heavy (non-hydrogen) atoms. The van der Waals surface area contributed by atoms with Crippen LogP contribution in [0.4, 0.5) is 13.2 Å². The lowest BCUT2D eigenvalue weighted by molar-refractivity contribution is -0.137. The zero-order valence-corrected chi connectivity index (χ0v) is 41.5. The highest BCUT2D eigenvalue weighted by atomic mass is 79.9. The molecule has 0 spiro atoms.